The maximum atomic E-state index is 13.2. The number of carbonyl (C=O) groups excluding carboxylic acids is 1. The maximum Gasteiger partial charge on any atom is 0.246 e. The molecule has 3 fully saturated rings. The summed E-state index contributed by atoms with van der Waals surface area (Å²) in [4.78, 5) is 15.5. The first-order valence-electron chi connectivity index (χ1n) is 9.65. The fourth-order valence-corrected chi connectivity index (χ4v) is 6.64. The summed E-state index contributed by atoms with van der Waals surface area (Å²) in [6, 6.07) is 0. The quantitative estimate of drug-likeness (QED) is 0.863. The molecule has 1 aliphatic carbocycles. The molecular weight excluding hydrogens is 352 g/mol. The number of hydrogen-bond acceptors (Lipinski definition) is 4. The lowest BCUT2D eigenvalue weighted by Crippen LogP contribution is -2.52. The van der Waals surface area contributed by atoms with Crippen molar-refractivity contribution in [2.24, 2.45) is 11.3 Å². The highest BCUT2D eigenvalue weighted by molar-refractivity contribution is 7.89. The lowest BCUT2D eigenvalue weighted by atomic mass is 9.77. The second kappa shape index (κ2) is 6.34. The van der Waals surface area contributed by atoms with Gasteiger partial charge in [-0.1, -0.05) is 6.42 Å². The topological polar surface area (TPSA) is 86.4 Å². The van der Waals surface area contributed by atoms with Gasteiger partial charge in [-0.25, -0.2) is 8.42 Å². The molecule has 1 atom stereocenters. The smallest absolute Gasteiger partial charge is 0.246 e. The van der Waals surface area contributed by atoms with E-state index in [4.69, 9.17) is 0 Å². The third-order valence-electron chi connectivity index (χ3n) is 6.50. The van der Waals surface area contributed by atoms with Crippen molar-refractivity contribution in [2.75, 3.05) is 26.2 Å². The van der Waals surface area contributed by atoms with Gasteiger partial charge in [0, 0.05) is 26.2 Å². The van der Waals surface area contributed by atoms with Crippen molar-refractivity contribution in [1.82, 2.24) is 19.4 Å². The number of nitrogens with zero attached hydrogens (tertiary/aromatic N) is 3. The van der Waals surface area contributed by atoms with Crippen molar-refractivity contribution < 1.29 is 13.2 Å². The van der Waals surface area contributed by atoms with E-state index in [-0.39, 0.29) is 10.8 Å². The molecule has 1 N–H and O–H groups in total. The van der Waals surface area contributed by atoms with Crippen molar-refractivity contribution in [3.63, 3.8) is 0 Å². The number of hydrogen-bond donors (Lipinski definition) is 1. The molecule has 26 heavy (non-hydrogen) atoms. The minimum absolute atomic E-state index is 0.175. The monoisotopic (exact) mass is 380 g/mol. The molecular formula is C18H28N4O3S. The summed E-state index contributed by atoms with van der Waals surface area (Å²) in [5, 5.41) is 6.78. The van der Waals surface area contributed by atoms with Crippen molar-refractivity contribution in [2.45, 2.75) is 57.3 Å². The summed E-state index contributed by atoms with van der Waals surface area (Å²) in [7, 11) is -3.62. The van der Waals surface area contributed by atoms with Crippen molar-refractivity contribution in [1.29, 1.82) is 0 Å². The Labute approximate surface area is 155 Å². The number of aromatic nitrogens is 2. The molecule has 0 unspecified atom stereocenters. The molecule has 1 spiro atoms. The van der Waals surface area contributed by atoms with Crippen molar-refractivity contribution in [3.05, 3.63) is 11.4 Å². The average molecular weight is 381 g/mol. The van der Waals surface area contributed by atoms with Crippen molar-refractivity contribution >= 4 is 15.9 Å². The van der Waals surface area contributed by atoms with E-state index in [2.05, 4.69) is 10.2 Å². The Hall–Kier alpha value is -1.41. The number of nitrogens with one attached hydrogen (secondary N) is 1. The number of amides is 1. The van der Waals surface area contributed by atoms with E-state index in [1.165, 1.54) is 23.6 Å². The van der Waals surface area contributed by atoms with E-state index in [0.29, 0.717) is 36.8 Å². The number of sulfonamides is 1. The number of rotatable bonds is 4. The normalized spacial score (nSPS) is 28.1. The van der Waals surface area contributed by atoms with Gasteiger partial charge in [-0.05, 0) is 51.9 Å². The Morgan fingerprint density at radius 1 is 1.19 bits per heavy atom. The van der Waals surface area contributed by atoms with E-state index < -0.39 is 15.4 Å². The van der Waals surface area contributed by atoms with Crippen LogP contribution in [-0.2, 0) is 14.8 Å². The SMILES string of the molecule is Cc1n[nH]c(C)c1S(=O)(=O)N1CC[C@]2(CCCN(CC3CCC3)C2=O)C1. The first-order chi connectivity index (χ1) is 12.3. The van der Waals surface area contributed by atoms with Gasteiger partial charge in [0.1, 0.15) is 4.90 Å². The zero-order valence-corrected chi connectivity index (χ0v) is 16.4. The Morgan fingerprint density at radius 2 is 1.96 bits per heavy atom. The Bertz CT molecular complexity index is 795. The van der Waals surface area contributed by atoms with Gasteiger partial charge in [0.05, 0.1) is 16.8 Å². The van der Waals surface area contributed by atoms with Crippen LogP contribution in [0.2, 0.25) is 0 Å². The van der Waals surface area contributed by atoms with Crippen molar-refractivity contribution in [3.8, 4) is 0 Å². The molecule has 144 valence electrons. The molecule has 3 aliphatic rings. The molecule has 2 saturated heterocycles. The fraction of sp³-hybridized carbons (Fsp3) is 0.778. The molecule has 8 heteroatoms. The molecule has 2 aliphatic heterocycles. The predicted octanol–water partition coefficient (Wildman–Crippen LogP) is 1.83. The number of aromatic amines is 1. The zero-order valence-electron chi connectivity index (χ0n) is 15.6. The molecule has 0 bridgehead atoms. The number of H-pyrrole nitrogens is 1. The molecule has 1 aromatic heterocycles. The van der Waals surface area contributed by atoms with Gasteiger partial charge in [-0.15, -0.1) is 0 Å². The third-order valence-corrected chi connectivity index (χ3v) is 8.61. The first kappa shape index (κ1) is 18.0. The molecule has 1 aromatic rings. The maximum absolute atomic E-state index is 13.2. The molecule has 3 heterocycles. The second-order valence-electron chi connectivity index (χ2n) is 8.28. The van der Waals surface area contributed by atoms with Crippen LogP contribution in [0.3, 0.4) is 0 Å². The van der Waals surface area contributed by atoms with Gasteiger partial charge in [0.2, 0.25) is 15.9 Å². The van der Waals surface area contributed by atoms with Crippen LogP contribution in [0.25, 0.3) is 0 Å². The van der Waals surface area contributed by atoms with Crippen LogP contribution in [-0.4, -0.2) is 59.9 Å². The van der Waals surface area contributed by atoms with Gasteiger partial charge in [0.15, 0.2) is 0 Å². The molecule has 1 amide bonds. The minimum Gasteiger partial charge on any atom is -0.342 e. The standard InChI is InChI=1S/C18H28N4O3S/c1-13-16(14(2)20-19-13)26(24,25)22-10-8-18(12-22)7-4-9-21(17(18)23)11-15-5-3-6-15/h15H,3-12H2,1-2H3,(H,19,20)/t18-/m1/s1. The predicted molar refractivity (Wildman–Crippen MR) is 97.0 cm³/mol. The molecule has 1 saturated carbocycles. The van der Waals surface area contributed by atoms with Crippen LogP contribution < -0.4 is 0 Å². The van der Waals surface area contributed by atoms with Gasteiger partial charge >= 0.3 is 0 Å². The van der Waals surface area contributed by atoms with Crippen LogP contribution in [0.5, 0.6) is 0 Å². The van der Waals surface area contributed by atoms with E-state index >= 15 is 0 Å². The van der Waals surface area contributed by atoms with Gasteiger partial charge in [-0.2, -0.15) is 9.40 Å². The van der Waals surface area contributed by atoms with Crippen LogP contribution in [0.4, 0.5) is 0 Å². The molecule has 7 nitrogen and oxygen atoms in total. The molecule has 4 rings (SSSR count). The minimum atomic E-state index is -3.62. The van der Waals surface area contributed by atoms with E-state index in [1.54, 1.807) is 13.8 Å². The summed E-state index contributed by atoms with van der Waals surface area (Å²) in [5.41, 5.74) is 0.524. The molecule has 0 radical (unpaired) electrons. The summed E-state index contributed by atoms with van der Waals surface area (Å²) in [5.74, 6) is 0.820. The third kappa shape index (κ3) is 2.78. The summed E-state index contributed by atoms with van der Waals surface area (Å²) < 4.78 is 27.8. The highest BCUT2D eigenvalue weighted by atomic mass is 32.2. The van der Waals surface area contributed by atoms with Gasteiger partial charge < -0.3 is 4.90 Å². The lowest BCUT2D eigenvalue weighted by Gasteiger charge is -2.42. The second-order valence-corrected chi connectivity index (χ2v) is 10.2. The number of likely N-dealkylation sites (tertiary alicyclic amines) is 1. The highest BCUT2D eigenvalue weighted by Crippen LogP contribution is 2.43. The number of piperidine rings is 1. The number of carbonyl (C=O) groups is 1. The summed E-state index contributed by atoms with van der Waals surface area (Å²) in [6.45, 7) is 5.82. The van der Waals surface area contributed by atoms with Crippen LogP contribution in [0.15, 0.2) is 4.90 Å². The first-order valence-corrected chi connectivity index (χ1v) is 11.1. The summed E-state index contributed by atoms with van der Waals surface area (Å²) in [6.07, 6.45) is 6.10. The summed E-state index contributed by atoms with van der Waals surface area (Å²) >= 11 is 0. The van der Waals surface area contributed by atoms with E-state index in [9.17, 15) is 13.2 Å². The zero-order chi connectivity index (χ0) is 18.5. The largest absolute Gasteiger partial charge is 0.342 e. The number of aryl methyl sites for hydroxylation is 2. The fourth-order valence-electron chi connectivity index (χ4n) is 4.78. The van der Waals surface area contributed by atoms with E-state index in [1.807, 2.05) is 4.90 Å². The van der Waals surface area contributed by atoms with Crippen LogP contribution >= 0.6 is 0 Å². The average Bonchev–Trinajstić information content (AvgIpc) is 3.12. The Balaban J connectivity index is 1.54. The van der Waals surface area contributed by atoms with Gasteiger partial charge in [0.25, 0.3) is 0 Å². The lowest BCUT2D eigenvalue weighted by molar-refractivity contribution is -0.146. The Kier molecular flexibility index (Phi) is 4.38. The Morgan fingerprint density at radius 3 is 2.58 bits per heavy atom. The van der Waals surface area contributed by atoms with Gasteiger partial charge in [-0.3, -0.25) is 9.89 Å². The van der Waals surface area contributed by atoms with Crippen LogP contribution in [0, 0.1) is 25.2 Å². The molecule has 0 aromatic carbocycles. The highest BCUT2D eigenvalue weighted by Gasteiger charge is 2.51. The van der Waals surface area contributed by atoms with E-state index in [0.717, 1.165) is 25.9 Å². The van der Waals surface area contributed by atoms with Crippen LogP contribution in [0.1, 0.15) is 49.9 Å².